The van der Waals surface area contributed by atoms with Crippen LogP contribution in [0, 0.1) is 11.3 Å². The smallest absolute Gasteiger partial charge is 0.222 e. The van der Waals surface area contributed by atoms with Gasteiger partial charge in [0.2, 0.25) is 5.91 Å². The number of hydrogen-bond donors (Lipinski definition) is 1. The molecule has 1 N–H and O–H groups in total. The number of aliphatic hydroxyl groups excluding tert-OH is 1. The monoisotopic (exact) mass is 303 g/mol. The van der Waals surface area contributed by atoms with E-state index in [4.69, 9.17) is 4.74 Å². The summed E-state index contributed by atoms with van der Waals surface area (Å²) in [5.41, 5.74) is 1.14. The van der Waals surface area contributed by atoms with Crippen molar-refractivity contribution in [2.75, 3.05) is 32.9 Å². The third kappa shape index (κ3) is 3.18. The lowest BCUT2D eigenvalue weighted by Crippen LogP contribution is -2.36. The zero-order chi connectivity index (χ0) is 15.4. The maximum atomic E-state index is 12.3. The Morgan fingerprint density at radius 2 is 2.14 bits per heavy atom. The number of likely N-dealkylation sites (tertiary alicyclic amines) is 1. The number of aliphatic hydroxyl groups is 1. The minimum atomic E-state index is -0.195. The van der Waals surface area contributed by atoms with E-state index in [-0.39, 0.29) is 17.9 Å². The summed E-state index contributed by atoms with van der Waals surface area (Å²) in [5, 5.41) is 9.65. The molecular formula is C18H25NO3. The summed E-state index contributed by atoms with van der Waals surface area (Å²) in [5.74, 6) is 0.543. The van der Waals surface area contributed by atoms with Crippen LogP contribution in [0.25, 0.3) is 0 Å². The molecule has 0 radical (unpaired) electrons. The number of rotatable bonds is 6. The third-order valence-electron chi connectivity index (χ3n) is 5.14. The van der Waals surface area contributed by atoms with Gasteiger partial charge < -0.3 is 14.7 Å². The maximum absolute atomic E-state index is 12.3. The van der Waals surface area contributed by atoms with Crippen molar-refractivity contribution in [3.63, 3.8) is 0 Å². The van der Waals surface area contributed by atoms with Crippen LogP contribution in [-0.2, 0) is 16.0 Å². The average molecular weight is 303 g/mol. The van der Waals surface area contributed by atoms with Crippen LogP contribution in [0.1, 0.15) is 24.8 Å². The molecule has 0 aromatic heterocycles. The fourth-order valence-corrected chi connectivity index (χ4v) is 3.65. The first-order valence-electron chi connectivity index (χ1n) is 8.24. The van der Waals surface area contributed by atoms with Crippen molar-refractivity contribution in [1.29, 1.82) is 0 Å². The summed E-state index contributed by atoms with van der Waals surface area (Å²) in [6, 6.07) is 10.4. The lowest BCUT2D eigenvalue weighted by Gasteiger charge is -2.24. The van der Waals surface area contributed by atoms with E-state index in [1.807, 2.05) is 11.0 Å². The van der Waals surface area contributed by atoms with Crippen LogP contribution in [0.5, 0.6) is 0 Å². The van der Waals surface area contributed by atoms with Crippen molar-refractivity contribution >= 4 is 5.91 Å². The van der Waals surface area contributed by atoms with Crippen molar-refractivity contribution in [2.24, 2.45) is 11.3 Å². The van der Waals surface area contributed by atoms with Crippen molar-refractivity contribution in [2.45, 2.75) is 25.7 Å². The van der Waals surface area contributed by atoms with Crippen LogP contribution in [0.15, 0.2) is 30.3 Å². The van der Waals surface area contributed by atoms with E-state index in [0.717, 1.165) is 25.8 Å². The van der Waals surface area contributed by atoms with Crippen LogP contribution >= 0.6 is 0 Å². The first-order valence-corrected chi connectivity index (χ1v) is 8.24. The molecule has 2 aliphatic rings. The Kier molecular flexibility index (Phi) is 4.79. The molecule has 0 bridgehead atoms. The molecule has 1 aromatic rings. The minimum absolute atomic E-state index is 0.120. The molecule has 2 saturated heterocycles. The predicted octanol–water partition coefficient (Wildman–Crippen LogP) is 1.87. The van der Waals surface area contributed by atoms with Gasteiger partial charge in [0.1, 0.15) is 0 Å². The molecule has 0 saturated carbocycles. The molecule has 2 atom stereocenters. The zero-order valence-electron chi connectivity index (χ0n) is 13.0. The van der Waals surface area contributed by atoms with Gasteiger partial charge in [-0.05, 0) is 24.8 Å². The van der Waals surface area contributed by atoms with E-state index in [1.54, 1.807) is 0 Å². The molecule has 1 aromatic carbocycles. The maximum Gasteiger partial charge on any atom is 0.222 e. The summed E-state index contributed by atoms with van der Waals surface area (Å²) < 4.78 is 5.48. The first-order chi connectivity index (χ1) is 10.7. The zero-order valence-corrected chi connectivity index (χ0v) is 13.0. The quantitative estimate of drug-likeness (QED) is 0.816. The number of nitrogens with zero attached hydrogens (tertiary/aromatic N) is 1. The van der Waals surface area contributed by atoms with Gasteiger partial charge in [-0.25, -0.2) is 0 Å². The highest BCUT2D eigenvalue weighted by Crippen LogP contribution is 2.41. The highest BCUT2D eigenvalue weighted by atomic mass is 16.5. The van der Waals surface area contributed by atoms with E-state index in [1.165, 1.54) is 5.56 Å². The van der Waals surface area contributed by atoms with E-state index >= 15 is 0 Å². The summed E-state index contributed by atoms with van der Waals surface area (Å²) in [7, 11) is 0. The Balaban J connectivity index is 1.42. The topological polar surface area (TPSA) is 49.8 Å². The molecule has 4 nitrogen and oxygen atoms in total. The fourth-order valence-electron chi connectivity index (χ4n) is 3.65. The summed E-state index contributed by atoms with van der Waals surface area (Å²) in [6.45, 7) is 2.80. The number of unbranched alkanes of at least 4 members (excludes halogenated alkanes) is 1. The number of benzene rings is 1. The number of fused-ring (bicyclic) bond motifs is 1. The molecule has 3 rings (SSSR count). The van der Waals surface area contributed by atoms with E-state index in [0.29, 0.717) is 32.1 Å². The molecule has 1 amide bonds. The summed E-state index contributed by atoms with van der Waals surface area (Å²) in [4.78, 5) is 14.3. The van der Waals surface area contributed by atoms with Gasteiger partial charge in [-0.3, -0.25) is 4.79 Å². The Morgan fingerprint density at radius 3 is 2.86 bits per heavy atom. The second kappa shape index (κ2) is 6.80. The van der Waals surface area contributed by atoms with Gasteiger partial charge in [0.05, 0.1) is 19.8 Å². The van der Waals surface area contributed by atoms with Crippen LogP contribution in [0.4, 0.5) is 0 Å². The highest BCUT2D eigenvalue weighted by molar-refractivity contribution is 5.76. The third-order valence-corrected chi connectivity index (χ3v) is 5.14. The fraction of sp³-hybridized carbons (Fsp3) is 0.611. The second-order valence-electron chi connectivity index (χ2n) is 6.70. The molecule has 2 heterocycles. The molecule has 0 aliphatic carbocycles. The normalized spacial score (nSPS) is 27.1. The van der Waals surface area contributed by atoms with Crippen molar-refractivity contribution in [3.8, 4) is 0 Å². The largest absolute Gasteiger partial charge is 0.396 e. The summed E-state index contributed by atoms with van der Waals surface area (Å²) in [6.07, 6.45) is 3.62. The molecule has 4 heteroatoms. The lowest BCUT2D eigenvalue weighted by atomic mass is 9.82. The van der Waals surface area contributed by atoms with Gasteiger partial charge >= 0.3 is 0 Å². The number of ether oxygens (including phenoxy) is 1. The number of hydrogen-bond acceptors (Lipinski definition) is 3. The van der Waals surface area contributed by atoms with Gasteiger partial charge in [-0.15, -0.1) is 0 Å². The van der Waals surface area contributed by atoms with Gasteiger partial charge in [0, 0.05) is 30.8 Å². The second-order valence-corrected chi connectivity index (χ2v) is 6.70. The molecule has 0 spiro atoms. The van der Waals surface area contributed by atoms with Gasteiger partial charge in [0.25, 0.3) is 0 Å². The Hall–Kier alpha value is -1.39. The van der Waals surface area contributed by atoms with Crippen molar-refractivity contribution in [3.05, 3.63) is 35.9 Å². The molecule has 22 heavy (non-hydrogen) atoms. The van der Waals surface area contributed by atoms with E-state index in [2.05, 4.69) is 24.3 Å². The SMILES string of the molecule is O=C(CCCCc1ccccc1)N1C[C@H]2COC[C@@]2(CO)C1. The van der Waals surface area contributed by atoms with Crippen molar-refractivity contribution < 1.29 is 14.6 Å². The Labute approximate surface area is 132 Å². The van der Waals surface area contributed by atoms with Crippen LogP contribution < -0.4 is 0 Å². The van der Waals surface area contributed by atoms with Crippen LogP contribution in [0.2, 0.25) is 0 Å². The van der Waals surface area contributed by atoms with Crippen LogP contribution in [0.3, 0.4) is 0 Å². The summed E-state index contributed by atoms with van der Waals surface area (Å²) >= 11 is 0. The number of aryl methyl sites for hydroxylation is 1. The highest BCUT2D eigenvalue weighted by Gasteiger charge is 2.51. The average Bonchev–Trinajstić information content (AvgIpc) is 3.10. The number of carbonyl (C=O) groups is 1. The van der Waals surface area contributed by atoms with Gasteiger partial charge in [0.15, 0.2) is 0 Å². The number of carbonyl (C=O) groups excluding carboxylic acids is 1. The molecular weight excluding hydrogens is 278 g/mol. The Morgan fingerprint density at radius 1 is 1.32 bits per heavy atom. The van der Waals surface area contributed by atoms with Gasteiger partial charge in [-0.1, -0.05) is 30.3 Å². The van der Waals surface area contributed by atoms with E-state index in [9.17, 15) is 9.90 Å². The van der Waals surface area contributed by atoms with Crippen molar-refractivity contribution in [1.82, 2.24) is 4.90 Å². The number of amides is 1. The molecule has 120 valence electrons. The first kappa shape index (κ1) is 15.5. The molecule has 0 unspecified atom stereocenters. The predicted molar refractivity (Wildman–Crippen MR) is 84.4 cm³/mol. The molecule has 2 aliphatic heterocycles. The molecule has 2 fully saturated rings. The minimum Gasteiger partial charge on any atom is -0.396 e. The lowest BCUT2D eigenvalue weighted by molar-refractivity contribution is -0.131. The van der Waals surface area contributed by atoms with Gasteiger partial charge in [-0.2, -0.15) is 0 Å². The van der Waals surface area contributed by atoms with Crippen LogP contribution in [-0.4, -0.2) is 48.8 Å². The van der Waals surface area contributed by atoms with E-state index < -0.39 is 0 Å². The standard InChI is InChI=1S/C18H25NO3/c20-13-18-12-19(10-16(18)11-22-14-18)17(21)9-5-4-8-15-6-2-1-3-7-15/h1-3,6-7,16,20H,4-5,8-14H2/t16-,18-/m0/s1. The Bertz CT molecular complexity index is 504.